The van der Waals surface area contributed by atoms with Gasteiger partial charge in [0.15, 0.2) is 5.17 Å². The molecule has 1 amide bonds. The van der Waals surface area contributed by atoms with Crippen LogP contribution in [0.25, 0.3) is 5.70 Å². The van der Waals surface area contributed by atoms with Gasteiger partial charge in [-0.3, -0.25) is 9.69 Å². The van der Waals surface area contributed by atoms with Crippen molar-refractivity contribution in [2.45, 2.75) is 18.9 Å². The van der Waals surface area contributed by atoms with E-state index in [9.17, 15) is 4.79 Å². The molecule has 0 saturated carbocycles. The molecule has 2 aliphatic heterocycles. The fourth-order valence-electron chi connectivity index (χ4n) is 4.05. The Morgan fingerprint density at radius 2 is 2.04 bits per heavy atom. The number of nitrogens with zero attached hydrogens (tertiary/aromatic N) is 2. The lowest BCUT2D eigenvalue weighted by molar-refractivity contribution is -0.125. The number of hydrogen-bond donors (Lipinski definition) is 0. The van der Waals surface area contributed by atoms with Crippen LogP contribution in [0.4, 0.5) is 0 Å². The zero-order valence-electron chi connectivity index (χ0n) is 14.4. The van der Waals surface area contributed by atoms with Crippen LogP contribution in [0.15, 0.2) is 59.1 Å². The van der Waals surface area contributed by atoms with Crippen molar-refractivity contribution in [2.75, 3.05) is 12.9 Å². The minimum atomic E-state index is -0.0940. The summed E-state index contributed by atoms with van der Waals surface area (Å²) < 4.78 is 5.42. The van der Waals surface area contributed by atoms with Crippen molar-refractivity contribution in [3.8, 4) is 5.75 Å². The minimum Gasteiger partial charge on any atom is -0.497 e. The van der Waals surface area contributed by atoms with E-state index in [2.05, 4.69) is 30.3 Å². The fourth-order valence-corrected chi connectivity index (χ4v) is 4.95. The molecule has 3 aliphatic rings. The van der Waals surface area contributed by atoms with Gasteiger partial charge in [0, 0.05) is 5.56 Å². The van der Waals surface area contributed by atoms with Gasteiger partial charge in [-0.05, 0) is 41.7 Å². The van der Waals surface area contributed by atoms with Crippen LogP contribution >= 0.6 is 11.8 Å². The Bertz CT molecular complexity index is 979. The molecule has 0 bridgehead atoms. The molecule has 2 aromatic carbocycles. The Balaban J connectivity index is 1.72. The highest BCUT2D eigenvalue weighted by Crippen LogP contribution is 2.47. The van der Waals surface area contributed by atoms with E-state index in [1.165, 1.54) is 28.5 Å². The highest BCUT2D eigenvalue weighted by molar-refractivity contribution is 8.15. The van der Waals surface area contributed by atoms with E-state index in [1.54, 1.807) is 7.11 Å². The van der Waals surface area contributed by atoms with Gasteiger partial charge < -0.3 is 4.74 Å². The Hall–Kier alpha value is -2.53. The Labute approximate surface area is 156 Å². The number of carbonyl (C=O) groups is 1. The van der Waals surface area contributed by atoms with E-state index in [0.29, 0.717) is 5.75 Å². The van der Waals surface area contributed by atoms with Crippen molar-refractivity contribution in [2.24, 2.45) is 4.99 Å². The van der Waals surface area contributed by atoms with Crippen LogP contribution in [0.2, 0.25) is 0 Å². The maximum Gasteiger partial charge on any atom is 0.239 e. The van der Waals surface area contributed by atoms with E-state index >= 15 is 0 Å². The Kier molecular flexibility index (Phi) is 3.64. The quantitative estimate of drug-likeness (QED) is 0.810. The number of amides is 1. The molecule has 1 fully saturated rings. The Morgan fingerprint density at radius 1 is 1.15 bits per heavy atom. The van der Waals surface area contributed by atoms with Gasteiger partial charge >= 0.3 is 0 Å². The van der Waals surface area contributed by atoms with Crippen molar-refractivity contribution >= 4 is 28.5 Å². The lowest BCUT2D eigenvalue weighted by Crippen LogP contribution is -2.38. The minimum absolute atomic E-state index is 0.0940. The summed E-state index contributed by atoms with van der Waals surface area (Å²) in [5.41, 5.74) is 5.90. The van der Waals surface area contributed by atoms with Crippen LogP contribution in [0.3, 0.4) is 0 Å². The second-order valence-corrected chi connectivity index (χ2v) is 7.60. The first kappa shape index (κ1) is 15.7. The third kappa shape index (κ3) is 2.31. The average molecular weight is 362 g/mol. The fraction of sp³-hybridized carbons (Fsp3) is 0.238. The molecular formula is C21H18N2O2S. The van der Waals surface area contributed by atoms with Gasteiger partial charge in [-0.1, -0.05) is 48.2 Å². The van der Waals surface area contributed by atoms with Crippen LogP contribution < -0.4 is 4.74 Å². The smallest absolute Gasteiger partial charge is 0.239 e. The number of thioether (sulfide) groups is 1. The van der Waals surface area contributed by atoms with E-state index in [0.717, 1.165) is 35.0 Å². The molecule has 1 unspecified atom stereocenters. The van der Waals surface area contributed by atoms with Crippen LogP contribution in [-0.2, 0) is 11.2 Å². The summed E-state index contributed by atoms with van der Waals surface area (Å²) in [6.07, 6.45) is 1.90. The molecule has 4 nitrogen and oxygen atoms in total. The molecule has 5 rings (SSSR count). The number of aryl methyl sites for hydroxylation is 1. The molecule has 1 saturated heterocycles. The van der Waals surface area contributed by atoms with Gasteiger partial charge in [0.2, 0.25) is 5.91 Å². The zero-order valence-corrected chi connectivity index (χ0v) is 15.3. The van der Waals surface area contributed by atoms with Gasteiger partial charge in [-0.25, -0.2) is 4.99 Å². The second-order valence-electron chi connectivity index (χ2n) is 6.66. The number of benzene rings is 2. The average Bonchev–Trinajstić information content (AvgIpc) is 3.06. The van der Waals surface area contributed by atoms with E-state index in [1.807, 2.05) is 23.1 Å². The van der Waals surface area contributed by atoms with Crippen molar-refractivity contribution in [3.05, 3.63) is 70.8 Å². The first-order valence-corrected chi connectivity index (χ1v) is 9.73. The molecule has 26 heavy (non-hydrogen) atoms. The third-order valence-corrected chi connectivity index (χ3v) is 6.18. The van der Waals surface area contributed by atoms with Gasteiger partial charge in [0.1, 0.15) is 5.75 Å². The maximum absolute atomic E-state index is 12.6. The van der Waals surface area contributed by atoms with Crippen molar-refractivity contribution in [3.63, 3.8) is 0 Å². The molecule has 0 aromatic heterocycles. The van der Waals surface area contributed by atoms with E-state index < -0.39 is 0 Å². The van der Waals surface area contributed by atoms with E-state index in [-0.39, 0.29) is 11.9 Å². The largest absolute Gasteiger partial charge is 0.497 e. The summed E-state index contributed by atoms with van der Waals surface area (Å²) in [5, 5.41) is 0.818. The number of fused-ring (bicyclic) bond motifs is 3. The number of ether oxygens (including phenoxy) is 1. The number of hydrogen-bond acceptors (Lipinski definition) is 4. The van der Waals surface area contributed by atoms with E-state index in [4.69, 9.17) is 9.73 Å². The number of amidine groups is 1. The molecule has 130 valence electrons. The standard InChI is InChI=1S/C21H18N2O2S/c1-25-15-7-4-6-14(11-15)20-17-10-9-13-5-2-3-8-16(13)19(17)22-21-23(20)18(24)12-26-21/h2-8,11,20H,9-10,12H2,1H3. The van der Waals surface area contributed by atoms with Crippen LogP contribution in [0, 0.1) is 0 Å². The molecule has 1 atom stereocenters. The van der Waals surface area contributed by atoms with Crippen LogP contribution in [0.1, 0.15) is 29.2 Å². The maximum atomic E-state index is 12.6. The number of rotatable bonds is 2. The predicted molar refractivity (Wildman–Crippen MR) is 104 cm³/mol. The van der Waals surface area contributed by atoms with Crippen molar-refractivity contribution < 1.29 is 9.53 Å². The number of methoxy groups -OCH3 is 1. The number of carbonyl (C=O) groups excluding carboxylic acids is 1. The third-order valence-electron chi connectivity index (χ3n) is 5.25. The molecule has 2 aromatic rings. The molecule has 2 heterocycles. The summed E-state index contributed by atoms with van der Waals surface area (Å²) in [6.45, 7) is 0. The predicted octanol–water partition coefficient (Wildman–Crippen LogP) is 4.04. The lowest BCUT2D eigenvalue weighted by atomic mass is 9.82. The molecule has 0 radical (unpaired) electrons. The topological polar surface area (TPSA) is 41.9 Å². The van der Waals surface area contributed by atoms with Crippen LogP contribution in [-0.4, -0.2) is 28.8 Å². The normalized spacial score (nSPS) is 21.1. The van der Waals surface area contributed by atoms with Crippen molar-refractivity contribution in [1.82, 2.24) is 4.90 Å². The first-order chi connectivity index (χ1) is 12.8. The highest BCUT2D eigenvalue weighted by atomic mass is 32.2. The Morgan fingerprint density at radius 3 is 2.92 bits per heavy atom. The molecule has 5 heteroatoms. The molecule has 1 aliphatic carbocycles. The van der Waals surface area contributed by atoms with Crippen LogP contribution in [0.5, 0.6) is 5.75 Å². The monoisotopic (exact) mass is 362 g/mol. The first-order valence-electron chi connectivity index (χ1n) is 8.75. The van der Waals surface area contributed by atoms with Gasteiger partial charge in [-0.15, -0.1) is 0 Å². The zero-order chi connectivity index (χ0) is 17.7. The summed E-state index contributed by atoms with van der Waals surface area (Å²) >= 11 is 1.53. The van der Waals surface area contributed by atoms with Gasteiger partial charge in [0.05, 0.1) is 24.6 Å². The molecule has 0 N–H and O–H groups in total. The second kappa shape index (κ2) is 6.02. The van der Waals surface area contributed by atoms with Crippen molar-refractivity contribution in [1.29, 1.82) is 0 Å². The van der Waals surface area contributed by atoms with Gasteiger partial charge in [0.25, 0.3) is 0 Å². The molecule has 0 spiro atoms. The summed E-state index contributed by atoms with van der Waals surface area (Å²) in [6, 6.07) is 16.4. The number of aliphatic imine (C=N–C) groups is 1. The SMILES string of the molecule is COc1cccc(C2C3=C(N=C4SCC(=O)N42)c2ccccc2CC3)c1. The summed E-state index contributed by atoms with van der Waals surface area (Å²) in [4.78, 5) is 19.4. The molecular weight excluding hydrogens is 344 g/mol. The summed E-state index contributed by atoms with van der Waals surface area (Å²) in [5.74, 6) is 1.40. The van der Waals surface area contributed by atoms with Gasteiger partial charge in [-0.2, -0.15) is 0 Å². The lowest BCUT2D eigenvalue weighted by Gasteiger charge is -2.37. The summed E-state index contributed by atoms with van der Waals surface area (Å²) in [7, 11) is 1.67. The highest BCUT2D eigenvalue weighted by Gasteiger charge is 2.42.